The second-order valence-corrected chi connectivity index (χ2v) is 8.72. The number of hydrogen-bond acceptors (Lipinski definition) is 5. The molecule has 0 aliphatic carbocycles. The zero-order valence-electron chi connectivity index (χ0n) is 18.3. The number of nitrogens with one attached hydrogen (secondary N) is 1. The van der Waals surface area contributed by atoms with Gasteiger partial charge in [-0.3, -0.25) is 4.90 Å². The lowest BCUT2D eigenvalue weighted by Crippen LogP contribution is -2.38. The Hall–Kier alpha value is -3.20. The molecule has 0 radical (unpaired) electrons. The lowest BCUT2D eigenvalue weighted by atomic mass is 10.0. The number of nitrogens with zero attached hydrogens (tertiary/aromatic N) is 6. The predicted octanol–water partition coefficient (Wildman–Crippen LogP) is 4.52. The van der Waals surface area contributed by atoms with Crippen LogP contribution in [0.1, 0.15) is 32.5 Å². The van der Waals surface area contributed by atoms with E-state index in [9.17, 15) is 9.18 Å². The van der Waals surface area contributed by atoms with Crippen LogP contribution in [0.3, 0.4) is 0 Å². The Kier molecular flexibility index (Phi) is 6.01. The summed E-state index contributed by atoms with van der Waals surface area (Å²) >= 11 is 5.96. The number of urea groups is 1. The van der Waals surface area contributed by atoms with Crippen LogP contribution < -0.4 is 10.2 Å². The molecule has 0 spiro atoms. The zero-order valence-corrected chi connectivity index (χ0v) is 19.1. The van der Waals surface area contributed by atoms with Crippen molar-refractivity contribution >= 4 is 29.4 Å². The molecule has 1 aromatic carbocycles. The van der Waals surface area contributed by atoms with Gasteiger partial charge in [0.25, 0.3) is 0 Å². The van der Waals surface area contributed by atoms with Gasteiger partial charge in [0.15, 0.2) is 0 Å². The van der Waals surface area contributed by atoms with Gasteiger partial charge < -0.3 is 14.8 Å². The third-order valence-electron chi connectivity index (χ3n) is 5.52. The zero-order chi connectivity index (χ0) is 23.0. The number of rotatable bonds is 6. The van der Waals surface area contributed by atoms with E-state index in [1.165, 1.54) is 12.1 Å². The second kappa shape index (κ2) is 8.74. The van der Waals surface area contributed by atoms with Gasteiger partial charge in [-0.25, -0.2) is 19.2 Å². The predicted molar refractivity (Wildman–Crippen MR) is 122 cm³/mol. The molecule has 0 saturated carbocycles. The van der Waals surface area contributed by atoms with Gasteiger partial charge in [-0.2, -0.15) is 4.98 Å². The van der Waals surface area contributed by atoms with Crippen molar-refractivity contribution in [3.05, 3.63) is 59.5 Å². The molecule has 10 heteroatoms. The summed E-state index contributed by atoms with van der Waals surface area (Å²) in [4.78, 5) is 29.4. The van der Waals surface area contributed by atoms with E-state index in [4.69, 9.17) is 11.6 Å². The first-order chi connectivity index (χ1) is 15.2. The van der Waals surface area contributed by atoms with Crippen molar-refractivity contribution in [1.29, 1.82) is 0 Å². The summed E-state index contributed by atoms with van der Waals surface area (Å²) in [5, 5.41) is 3.54. The van der Waals surface area contributed by atoms with Crippen molar-refractivity contribution < 1.29 is 9.18 Å². The lowest BCUT2D eigenvalue weighted by Gasteiger charge is -2.25. The first-order valence-corrected chi connectivity index (χ1v) is 10.7. The molecule has 2 atom stereocenters. The first kappa shape index (κ1) is 22.0. The number of carbonyl (C=O) groups excluding carboxylic acids is 1. The summed E-state index contributed by atoms with van der Waals surface area (Å²) in [5.74, 6) is 0.821. The molecule has 0 bridgehead atoms. The Morgan fingerprint density at radius 2 is 2.00 bits per heavy atom. The van der Waals surface area contributed by atoms with E-state index in [1.807, 2.05) is 6.92 Å². The highest BCUT2D eigenvalue weighted by molar-refractivity contribution is 6.30. The smallest absolute Gasteiger partial charge is 0.325 e. The van der Waals surface area contributed by atoms with Gasteiger partial charge in [0.05, 0.1) is 29.8 Å². The molecule has 0 unspecified atom stereocenters. The molecule has 1 aliphatic heterocycles. The summed E-state index contributed by atoms with van der Waals surface area (Å²) < 4.78 is 15.4. The standard InChI is InChI=1S/C22H25ClFN7O/c1-13(2)19-11-29(4)22(32)31(19)20-5-6-25-21(28-20)27-14(3)18-10-30(12-26-18)17-8-15(23)7-16(24)9-17/h5-10,12-14,19H,11H2,1-4H3,(H,25,27,28)/t14-,19+/m0/s1. The number of halogens is 2. The fourth-order valence-corrected chi connectivity index (χ4v) is 3.97. The molecule has 32 heavy (non-hydrogen) atoms. The summed E-state index contributed by atoms with van der Waals surface area (Å²) in [5.41, 5.74) is 1.30. The number of anilines is 2. The molecular weight excluding hydrogens is 433 g/mol. The van der Waals surface area contributed by atoms with Crippen LogP contribution in [0.4, 0.5) is 21.0 Å². The van der Waals surface area contributed by atoms with Gasteiger partial charge in [0, 0.05) is 31.0 Å². The van der Waals surface area contributed by atoms with Crippen molar-refractivity contribution in [2.45, 2.75) is 32.9 Å². The van der Waals surface area contributed by atoms with Crippen molar-refractivity contribution in [1.82, 2.24) is 24.4 Å². The van der Waals surface area contributed by atoms with E-state index in [1.54, 1.807) is 52.3 Å². The van der Waals surface area contributed by atoms with E-state index in [0.717, 1.165) is 5.69 Å². The summed E-state index contributed by atoms with van der Waals surface area (Å²) in [6.07, 6.45) is 5.02. The summed E-state index contributed by atoms with van der Waals surface area (Å²) in [7, 11) is 1.79. The highest BCUT2D eigenvalue weighted by Crippen LogP contribution is 2.27. The number of amides is 2. The number of hydrogen-bond donors (Lipinski definition) is 1. The van der Waals surface area contributed by atoms with Crippen LogP contribution in [-0.4, -0.2) is 50.1 Å². The van der Waals surface area contributed by atoms with E-state index in [2.05, 4.69) is 34.1 Å². The maximum Gasteiger partial charge on any atom is 0.325 e. The molecule has 2 amide bonds. The van der Waals surface area contributed by atoms with Crippen molar-refractivity contribution in [2.75, 3.05) is 23.8 Å². The van der Waals surface area contributed by atoms with E-state index in [0.29, 0.717) is 29.0 Å². The third kappa shape index (κ3) is 4.38. The van der Waals surface area contributed by atoms with E-state index >= 15 is 0 Å². The highest BCUT2D eigenvalue weighted by atomic mass is 35.5. The van der Waals surface area contributed by atoms with Crippen molar-refractivity contribution in [3.63, 3.8) is 0 Å². The minimum atomic E-state index is -0.416. The topological polar surface area (TPSA) is 79.2 Å². The van der Waals surface area contributed by atoms with Crippen molar-refractivity contribution in [3.8, 4) is 5.69 Å². The van der Waals surface area contributed by atoms with Gasteiger partial charge in [-0.05, 0) is 37.1 Å². The largest absolute Gasteiger partial charge is 0.346 e. The third-order valence-corrected chi connectivity index (χ3v) is 5.74. The Balaban J connectivity index is 1.53. The molecule has 8 nitrogen and oxygen atoms in total. The normalized spacial score (nSPS) is 17.3. The summed E-state index contributed by atoms with van der Waals surface area (Å²) in [6.45, 7) is 6.76. The van der Waals surface area contributed by atoms with Gasteiger partial charge >= 0.3 is 6.03 Å². The maximum atomic E-state index is 13.7. The van der Waals surface area contributed by atoms with E-state index in [-0.39, 0.29) is 24.0 Å². The number of carbonyl (C=O) groups is 1. The van der Waals surface area contributed by atoms with Crippen molar-refractivity contribution in [2.24, 2.45) is 5.92 Å². The van der Waals surface area contributed by atoms with Gasteiger partial charge in [-0.15, -0.1) is 0 Å². The Morgan fingerprint density at radius 1 is 1.22 bits per heavy atom. The SMILES string of the molecule is CC(C)[C@H]1CN(C)C(=O)N1c1ccnc(N[C@@H](C)c2cn(-c3cc(F)cc(Cl)c3)cn2)n1. The van der Waals surface area contributed by atoms with Crippen LogP contribution in [0.15, 0.2) is 43.0 Å². The average Bonchev–Trinajstić information content (AvgIpc) is 3.33. The summed E-state index contributed by atoms with van der Waals surface area (Å²) in [6, 6.07) is 5.78. The highest BCUT2D eigenvalue weighted by Gasteiger charge is 2.38. The van der Waals surface area contributed by atoms with Crippen LogP contribution in [0, 0.1) is 11.7 Å². The first-order valence-electron chi connectivity index (χ1n) is 10.4. The molecule has 4 rings (SSSR count). The Bertz CT molecular complexity index is 1110. The van der Waals surface area contributed by atoms with Gasteiger partial charge in [0.2, 0.25) is 5.95 Å². The van der Waals surface area contributed by atoms with Gasteiger partial charge in [-0.1, -0.05) is 25.4 Å². The van der Waals surface area contributed by atoms with Crippen LogP contribution in [0.5, 0.6) is 0 Å². The number of aromatic nitrogens is 4. The Labute approximate surface area is 191 Å². The average molecular weight is 458 g/mol. The minimum absolute atomic E-state index is 0.0430. The Morgan fingerprint density at radius 3 is 2.72 bits per heavy atom. The number of imidazole rings is 1. The fraction of sp³-hybridized carbons (Fsp3) is 0.364. The van der Waals surface area contributed by atoms with Crippen LogP contribution in [0.25, 0.3) is 5.69 Å². The van der Waals surface area contributed by atoms with Crippen LogP contribution >= 0.6 is 11.6 Å². The molecule has 1 fully saturated rings. The number of benzene rings is 1. The molecule has 1 saturated heterocycles. The molecule has 1 N–H and O–H groups in total. The molecule has 1 aliphatic rings. The van der Waals surface area contributed by atoms with Gasteiger partial charge in [0.1, 0.15) is 11.6 Å². The minimum Gasteiger partial charge on any atom is -0.346 e. The maximum absolute atomic E-state index is 13.7. The monoisotopic (exact) mass is 457 g/mol. The van der Waals surface area contributed by atoms with Crippen LogP contribution in [0.2, 0.25) is 5.02 Å². The van der Waals surface area contributed by atoms with Crippen LogP contribution in [-0.2, 0) is 0 Å². The fourth-order valence-electron chi connectivity index (χ4n) is 3.75. The molecule has 3 aromatic rings. The number of likely N-dealkylation sites (N-methyl/N-ethyl adjacent to an activating group) is 1. The quantitative estimate of drug-likeness (QED) is 0.588. The molecular formula is C22H25ClFN7O. The second-order valence-electron chi connectivity index (χ2n) is 8.28. The van der Waals surface area contributed by atoms with E-state index < -0.39 is 5.82 Å². The molecule has 3 heterocycles. The molecule has 2 aromatic heterocycles. The lowest BCUT2D eigenvalue weighted by molar-refractivity contribution is 0.229. The molecule has 168 valence electrons.